The molecule has 19 heavy (non-hydrogen) atoms. The average molecular weight is 302 g/mol. The third kappa shape index (κ3) is 3.56. The highest BCUT2D eigenvalue weighted by Crippen LogP contribution is 2.39. The molecule has 2 rings (SSSR count). The van der Waals surface area contributed by atoms with Crippen molar-refractivity contribution in [2.24, 2.45) is 11.8 Å². The van der Waals surface area contributed by atoms with Crippen molar-refractivity contribution in [2.75, 3.05) is 20.1 Å². The number of sulfonamides is 1. The van der Waals surface area contributed by atoms with Crippen LogP contribution in [0.3, 0.4) is 0 Å². The molecular formula is C13H22N2O2S2. The summed E-state index contributed by atoms with van der Waals surface area (Å²) in [5, 5.41) is 3.21. The summed E-state index contributed by atoms with van der Waals surface area (Å²) in [5.41, 5.74) is 0. The lowest BCUT2D eigenvalue weighted by Crippen LogP contribution is -2.28. The van der Waals surface area contributed by atoms with E-state index in [1.807, 2.05) is 13.0 Å². The lowest BCUT2D eigenvalue weighted by Gasteiger charge is -2.15. The predicted octanol–water partition coefficient (Wildman–Crippen LogP) is 2.13. The largest absolute Gasteiger partial charge is 0.312 e. The molecule has 108 valence electrons. The first-order valence-electron chi connectivity index (χ1n) is 6.71. The molecule has 0 bridgehead atoms. The molecule has 1 aromatic rings. The first kappa shape index (κ1) is 15.0. The highest BCUT2D eigenvalue weighted by molar-refractivity contribution is 7.91. The molecule has 0 spiro atoms. The van der Waals surface area contributed by atoms with Gasteiger partial charge in [-0.05, 0) is 36.9 Å². The Bertz CT molecular complexity index is 525. The molecule has 1 saturated carbocycles. The molecular weight excluding hydrogens is 280 g/mol. The van der Waals surface area contributed by atoms with Crippen molar-refractivity contribution in [1.82, 2.24) is 9.62 Å². The molecule has 0 amide bonds. The van der Waals surface area contributed by atoms with Crippen molar-refractivity contribution >= 4 is 21.4 Å². The lowest BCUT2D eigenvalue weighted by atomic mass is 10.3. The Morgan fingerprint density at radius 2 is 2.16 bits per heavy atom. The average Bonchev–Trinajstić information content (AvgIpc) is 2.88. The number of thiophene rings is 1. The normalized spacial score (nSPS) is 22.9. The van der Waals surface area contributed by atoms with Gasteiger partial charge >= 0.3 is 0 Å². The van der Waals surface area contributed by atoms with Crippen molar-refractivity contribution in [3.63, 3.8) is 0 Å². The molecule has 1 aliphatic rings. The van der Waals surface area contributed by atoms with Gasteiger partial charge in [0.25, 0.3) is 10.0 Å². The van der Waals surface area contributed by atoms with Gasteiger partial charge in [0.15, 0.2) is 0 Å². The van der Waals surface area contributed by atoms with Crippen LogP contribution >= 0.6 is 11.3 Å². The van der Waals surface area contributed by atoms with E-state index < -0.39 is 10.0 Å². The van der Waals surface area contributed by atoms with E-state index in [1.54, 1.807) is 13.1 Å². The van der Waals surface area contributed by atoms with Gasteiger partial charge < -0.3 is 5.32 Å². The number of rotatable bonds is 7. The minimum atomic E-state index is -3.30. The minimum absolute atomic E-state index is 0.455. The Labute approximate surface area is 119 Å². The van der Waals surface area contributed by atoms with E-state index in [9.17, 15) is 8.42 Å². The summed E-state index contributed by atoms with van der Waals surface area (Å²) in [7, 11) is -1.61. The first-order valence-corrected chi connectivity index (χ1v) is 8.96. The smallest absolute Gasteiger partial charge is 0.252 e. The molecule has 1 aromatic heterocycles. The molecule has 0 aliphatic heterocycles. The number of hydrogen-bond donors (Lipinski definition) is 1. The van der Waals surface area contributed by atoms with Crippen LogP contribution in [0.4, 0.5) is 0 Å². The Balaban J connectivity index is 2.03. The van der Waals surface area contributed by atoms with Gasteiger partial charge in [-0.3, -0.25) is 0 Å². The van der Waals surface area contributed by atoms with Crippen LogP contribution in [0.25, 0.3) is 0 Å². The highest BCUT2D eigenvalue weighted by atomic mass is 32.2. The summed E-state index contributed by atoms with van der Waals surface area (Å²) in [6.45, 7) is 6.48. The topological polar surface area (TPSA) is 49.4 Å². The van der Waals surface area contributed by atoms with Crippen LogP contribution in [0.15, 0.2) is 16.3 Å². The molecule has 4 nitrogen and oxygen atoms in total. The van der Waals surface area contributed by atoms with Gasteiger partial charge in [0, 0.05) is 25.0 Å². The SMILES string of the molecule is CCNCc1ccc(S(=O)(=O)N(C)CC2CC2C)s1. The van der Waals surface area contributed by atoms with Crippen LogP contribution in [-0.2, 0) is 16.6 Å². The summed E-state index contributed by atoms with van der Waals surface area (Å²) in [6, 6.07) is 3.62. The van der Waals surface area contributed by atoms with Crippen molar-refractivity contribution in [1.29, 1.82) is 0 Å². The molecule has 1 N–H and O–H groups in total. The van der Waals surface area contributed by atoms with E-state index in [1.165, 1.54) is 15.6 Å². The zero-order valence-corrected chi connectivity index (χ0v) is 13.4. The van der Waals surface area contributed by atoms with Gasteiger partial charge in [-0.15, -0.1) is 11.3 Å². The van der Waals surface area contributed by atoms with Gasteiger partial charge in [0.2, 0.25) is 0 Å². The monoisotopic (exact) mass is 302 g/mol. The maximum atomic E-state index is 12.4. The molecule has 0 saturated heterocycles. The fourth-order valence-electron chi connectivity index (χ4n) is 2.08. The van der Waals surface area contributed by atoms with Crippen molar-refractivity contribution in [3.8, 4) is 0 Å². The van der Waals surface area contributed by atoms with Crippen LogP contribution in [0, 0.1) is 11.8 Å². The molecule has 0 radical (unpaired) electrons. The van der Waals surface area contributed by atoms with Crippen LogP contribution in [0.1, 0.15) is 25.1 Å². The standard InChI is InChI=1S/C13H22N2O2S2/c1-4-14-8-12-5-6-13(18-12)19(16,17)15(3)9-11-7-10(11)2/h5-6,10-11,14H,4,7-9H2,1-3H3. The second-order valence-corrected chi connectivity index (χ2v) is 8.70. The summed E-state index contributed by atoms with van der Waals surface area (Å²) >= 11 is 1.36. The molecule has 1 aliphatic carbocycles. The van der Waals surface area contributed by atoms with Crippen LogP contribution in [-0.4, -0.2) is 32.9 Å². The van der Waals surface area contributed by atoms with Gasteiger partial charge in [-0.1, -0.05) is 13.8 Å². The molecule has 1 fully saturated rings. The Hall–Kier alpha value is -0.430. The Morgan fingerprint density at radius 3 is 2.74 bits per heavy atom. The van der Waals surface area contributed by atoms with Gasteiger partial charge in [0.05, 0.1) is 0 Å². The number of nitrogens with zero attached hydrogens (tertiary/aromatic N) is 1. The highest BCUT2D eigenvalue weighted by Gasteiger charge is 2.36. The summed E-state index contributed by atoms with van der Waals surface area (Å²) < 4.78 is 26.8. The zero-order chi connectivity index (χ0) is 14.0. The fourth-order valence-corrected chi connectivity index (χ4v) is 4.84. The molecule has 1 heterocycles. The van der Waals surface area contributed by atoms with E-state index in [0.29, 0.717) is 22.6 Å². The summed E-state index contributed by atoms with van der Waals surface area (Å²) in [6.07, 6.45) is 1.15. The third-order valence-corrected chi connectivity index (χ3v) is 6.99. The molecule has 2 unspecified atom stereocenters. The van der Waals surface area contributed by atoms with Crippen molar-refractivity contribution in [3.05, 3.63) is 17.0 Å². The van der Waals surface area contributed by atoms with Crippen LogP contribution in [0.2, 0.25) is 0 Å². The van der Waals surface area contributed by atoms with Gasteiger partial charge in [-0.2, -0.15) is 4.31 Å². The maximum Gasteiger partial charge on any atom is 0.252 e. The minimum Gasteiger partial charge on any atom is -0.312 e. The van der Waals surface area contributed by atoms with Crippen molar-refractivity contribution in [2.45, 2.75) is 31.0 Å². The van der Waals surface area contributed by atoms with E-state index in [2.05, 4.69) is 12.2 Å². The third-order valence-electron chi connectivity index (χ3n) is 3.62. The van der Waals surface area contributed by atoms with Gasteiger partial charge in [0.1, 0.15) is 4.21 Å². The Kier molecular flexibility index (Phi) is 4.66. The predicted molar refractivity (Wildman–Crippen MR) is 78.8 cm³/mol. The van der Waals surface area contributed by atoms with Crippen LogP contribution < -0.4 is 5.32 Å². The molecule has 2 atom stereocenters. The zero-order valence-electron chi connectivity index (χ0n) is 11.7. The first-order chi connectivity index (χ1) is 8.95. The van der Waals surface area contributed by atoms with E-state index >= 15 is 0 Å². The molecule has 0 aromatic carbocycles. The number of nitrogens with one attached hydrogen (secondary N) is 1. The van der Waals surface area contributed by atoms with Crippen LogP contribution in [0.5, 0.6) is 0 Å². The summed E-state index contributed by atoms with van der Waals surface area (Å²) in [4.78, 5) is 1.06. The summed E-state index contributed by atoms with van der Waals surface area (Å²) in [5.74, 6) is 1.21. The second kappa shape index (κ2) is 5.91. The second-order valence-electron chi connectivity index (χ2n) is 5.26. The van der Waals surface area contributed by atoms with Crippen molar-refractivity contribution < 1.29 is 8.42 Å². The van der Waals surface area contributed by atoms with E-state index in [-0.39, 0.29) is 0 Å². The quantitative estimate of drug-likeness (QED) is 0.839. The lowest BCUT2D eigenvalue weighted by molar-refractivity contribution is 0.446. The fraction of sp³-hybridized carbons (Fsp3) is 0.692. The van der Waals surface area contributed by atoms with Gasteiger partial charge in [-0.25, -0.2) is 8.42 Å². The maximum absolute atomic E-state index is 12.4. The number of hydrogen-bond acceptors (Lipinski definition) is 4. The van der Waals surface area contributed by atoms with E-state index in [4.69, 9.17) is 0 Å². The molecule has 6 heteroatoms. The Morgan fingerprint density at radius 1 is 1.47 bits per heavy atom. The van der Waals surface area contributed by atoms with E-state index in [0.717, 1.165) is 24.4 Å².